The van der Waals surface area contributed by atoms with E-state index in [-0.39, 0.29) is 11.5 Å². The molecule has 0 atom stereocenters. The predicted octanol–water partition coefficient (Wildman–Crippen LogP) is 1.48. The molecule has 4 N–H and O–H groups in total. The zero-order valence-corrected chi connectivity index (χ0v) is 14.7. The van der Waals surface area contributed by atoms with Crippen LogP contribution in [-0.4, -0.2) is 39.1 Å². The Bertz CT molecular complexity index is 781. The van der Waals surface area contributed by atoms with Gasteiger partial charge in [-0.15, -0.1) is 0 Å². The second-order valence-corrected chi connectivity index (χ2v) is 6.44. The Morgan fingerprint density at radius 2 is 2.12 bits per heavy atom. The van der Waals surface area contributed by atoms with Crippen LogP contribution in [-0.2, 0) is 6.42 Å². The van der Waals surface area contributed by atoms with Gasteiger partial charge in [0.25, 0.3) is 5.56 Å². The minimum atomic E-state index is -0.219. The van der Waals surface area contributed by atoms with Gasteiger partial charge in [0.1, 0.15) is 17.5 Å². The average Bonchev–Trinajstić information content (AvgIpc) is 2.57. The third-order valence-corrected chi connectivity index (χ3v) is 4.41. The van der Waals surface area contributed by atoms with E-state index in [2.05, 4.69) is 37.1 Å². The van der Waals surface area contributed by atoms with Crippen LogP contribution in [0.3, 0.4) is 0 Å². The molecule has 0 radical (unpaired) electrons. The quantitative estimate of drug-likeness (QED) is 0.753. The first-order valence-corrected chi connectivity index (χ1v) is 8.76. The Balaban J connectivity index is 1.65. The molecule has 3 heterocycles. The minimum Gasteiger partial charge on any atom is -0.369 e. The van der Waals surface area contributed by atoms with E-state index < -0.39 is 0 Å². The van der Waals surface area contributed by atoms with E-state index in [0.29, 0.717) is 11.9 Å². The number of H-pyrrole nitrogens is 1. The summed E-state index contributed by atoms with van der Waals surface area (Å²) in [5.41, 5.74) is 6.58. The lowest BCUT2D eigenvalue weighted by atomic mass is 10.0. The van der Waals surface area contributed by atoms with Gasteiger partial charge in [0, 0.05) is 37.0 Å². The molecule has 0 aliphatic carbocycles. The Morgan fingerprint density at radius 1 is 1.36 bits per heavy atom. The molecule has 8 heteroatoms. The Labute approximate surface area is 146 Å². The maximum atomic E-state index is 11.6. The number of piperidine rings is 1. The van der Waals surface area contributed by atoms with Crippen LogP contribution < -0.4 is 21.5 Å². The fourth-order valence-electron chi connectivity index (χ4n) is 3.14. The minimum absolute atomic E-state index is 0.156. The molecular formula is C17H25N7O. The number of aromatic amines is 1. The standard InChI is InChI=1S/C17H25N7O/c1-3-4-12-10-19-11(2)20-16(12)21-13-5-7-24(8-6-13)14-9-15(25)23-17(18)22-14/h9-10,13H,3-8H2,1-2H3,(H,19,20,21)(H3,18,22,23,25). The highest BCUT2D eigenvalue weighted by Crippen LogP contribution is 2.21. The van der Waals surface area contributed by atoms with Crippen molar-refractivity contribution in [2.24, 2.45) is 0 Å². The fraction of sp³-hybridized carbons (Fsp3) is 0.529. The number of rotatable bonds is 5. The van der Waals surface area contributed by atoms with Crippen LogP contribution in [0.1, 0.15) is 37.6 Å². The van der Waals surface area contributed by atoms with Crippen molar-refractivity contribution in [2.75, 3.05) is 29.0 Å². The number of hydrogen-bond acceptors (Lipinski definition) is 7. The van der Waals surface area contributed by atoms with Crippen LogP contribution >= 0.6 is 0 Å². The second-order valence-electron chi connectivity index (χ2n) is 6.44. The smallest absolute Gasteiger partial charge is 0.254 e. The number of anilines is 3. The van der Waals surface area contributed by atoms with Crippen molar-refractivity contribution < 1.29 is 0 Å². The second kappa shape index (κ2) is 7.50. The molecule has 0 amide bonds. The van der Waals surface area contributed by atoms with Gasteiger partial charge in [0.15, 0.2) is 0 Å². The lowest BCUT2D eigenvalue weighted by Gasteiger charge is -2.33. The molecule has 1 fully saturated rings. The van der Waals surface area contributed by atoms with Gasteiger partial charge in [-0.1, -0.05) is 13.3 Å². The molecule has 134 valence electrons. The summed E-state index contributed by atoms with van der Waals surface area (Å²) < 4.78 is 0. The lowest BCUT2D eigenvalue weighted by molar-refractivity contribution is 0.521. The largest absolute Gasteiger partial charge is 0.369 e. The number of hydrogen-bond donors (Lipinski definition) is 3. The number of aromatic nitrogens is 4. The van der Waals surface area contributed by atoms with Crippen molar-refractivity contribution in [3.05, 3.63) is 34.0 Å². The van der Waals surface area contributed by atoms with E-state index >= 15 is 0 Å². The summed E-state index contributed by atoms with van der Waals surface area (Å²) in [5, 5.41) is 3.58. The summed E-state index contributed by atoms with van der Waals surface area (Å²) in [5.74, 6) is 2.53. The molecule has 3 rings (SSSR count). The van der Waals surface area contributed by atoms with Crippen LogP contribution in [0.4, 0.5) is 17.6 Å². The number of nitrogens with zero attached hydrogens (tertiary/aromatic N) is 4. The van der Waals surface area contributed by atoms with Gasteiger partial charge in [-0.05, 0) is 26.2 Å². The fourth-order valence-corrected chi connectivity index (χ4v) is 3.14. The van der Waals surface area contributed by atoms with E-state index in [9.17, 15) is 4.79 Å². The summed E-state index contributed by atoms with van der Waals surface area (Å²) in [6.07, 6.45) is 5.85. The van der Waals surface area contributed by atoms with Crippen LogP contribution in [0.15, 0.2) is 17.1 Å². The van der Waals surface area contributed by atoms with E-state index in [1.807, 2.05) is 13.1 Å². The number of nitrogen functional groups attached to an aromatic ring is 1. The molecule has 0 bridgehead atoms. The third kappa shape index (κ3) is 4.26. The summed E-state index contributed by atoms with van der Waals surface area (Å²) in [7, 11) is 0. The lowest BCUT2D eigenvalue weighted by Crippen LogP contribution is -2.40. The van der Waals surface area contributed by atoms with Crippen LogP contribution in [0.2, 0.25) is 0 Å². The number of nitrogens with one attached hydrogen (secondary N) is 2. The normalized spacial score (nSPS) is 15.4. The number of aryl methyl sites for hydroxylation is 2. The van der Waals surface area contributed by atoms with Crippen molar-refractivity contribution >= 4 is 17.6 Å². The molecule has 1 aliphatic heterocycles. The Morgan fingerprint density at radius 3 is 2.80 bits per heavy atom. The third-order valence-electron chi connectivity index (χ3n) is 4.41. The monoisotopic (exact) mass is 343 g/mol. The van der Waals surface area contributed by atoms with Crippen molar-refractivity contribution in [1.29, 1.82) is 0 Å². The highest BCUT2D eigenvalue weighted by atomic mass is 16.1. The maximum Gasteiger partial charge on any atom is 0.254 e. The molecular weight excluding hydrogens is 318 g/mol. The van der Waals surface area contributed by atoms with Crippen LogP contribution in [0, 0.1) is 6.92 Å². The van der Waals surface area contributed by atoms with E-state index in [0.717, 1.165) is 50.4 Å². The zero-order valence-electron chi connectivity index (χ0n) is 14.7. The first-order chi connectivity index (χ1) is 12.0. The van der Waals surface area contributed by atoms with Gasteiger partial charge in [0.2, 0.25) is 5.95 Å². The van der Waals surface area contributed by atoms with Crippen molar-refractivity contribution in [1.82, 2.24) is 19.9 Å². The molecule has 0 spiro atoms. The van der Waals surface area contributed by atoms with E-state index in [4.69, 9.17) is 5.73 Å². The van der Waals surface area contributed by atoms with Crippen molar-refractivity contribution in [3.63, 3.8) is 0 Å². The van der Waals surface area contributed by atoms with Crippen LogP contribution in [0.25, 0.3) is 0 Å². The first kappa shape index (κ1) is 17.2. The first-order valence-electron chi connectivity index (χ1n) is 8.76. The number of nitrogens with two attached hydrogens (primary N) is 1. The van der Waals surface area contributed by atoms with Gasteiger partial charge >= 0.3 is 0 Å². The highest BCUT2D eigenvalue weighted by molar-refractivity contribution is 5.45. The molecule has 25 heavy (non-hydrogen) atoms. The molecule has 1 saturated heterocycles. The average molecular weight is 343 g/mol. The molecule has 2 aromatic rings. The maximum absolute atomic E-state index is 11.6. The summed E-state index contributed by atoms with van der Waals surface area (Å²) >= 11 is 0. The molecule has 0 saturated carbocycles. The SMILES string of the molecule is CCCc1cnc(C)nc1NC1CCN(c2cc(=O)[nH]c(N)n2)CC1. The van der Waals surface area contributed by atoms with Gasteiger partial charge < -0.3 is 16.0 Å². The Kier molecular flexibility index (Phi) is 5.16. The molecule has 1 aliphatic rings. The van der Waals surface area contributed by atoms with Crippen LogP contribution in [0.5, 0.6) is 0 Å². The van der Waals surface area contributed by atoms with E-state index in [1.165, 1.54) is 11.6 Å². The summed E-state index contributed by atoms with van der Waals surface area (Å²) in [6.45, 7) is 5.70. The van der Waals surface area contributed by atoms with Crippen molar-refractivity contribution in [3.8, 4) is 0 Å². The highest BCUT2D eigenvalue weighted by Gasteiger charge is 2.21. The molecule has 0 unspecified atom stereocenters. The molecule has 8 nitrogen and oxygen atoms in total. The zero-order chi connectivity index (χ0) is 17.8. The van der Waals surface area contributed by atoms with E-state index in [1.54, 1.807) is 0 Å². The molecule has 2 aromatic heterocycles. The molecule has 0 aromatic carbocycles. The summed E-state index contributed by atoms with van der Waals surface area (Å²) in [4.78, 5) is 29.2. The Hall–Kier alpha value is -2.64. The summed E-state index contributed by atoms with van der Waals surface area (Å²) in [6, 6.07) is 1.84. The van der Waals surface area contributed by atoms with Gasteiger partial charge in [0.05, 0.1) is 0 Å². The van der Waals surface area contributed by atoms with Gasteiger partial charge in [-0.3, -0.25) is 9.78 Å². The topological polar surface area (TPSA) is 113 Å². The predicted molar refractivity (Wildman–Crippen MR) is 98.9 cm³/mol. The van der Waals surface area contributed by atoms with Gasteiger partial charge in [-0.25, -0.2) is 9.97 Å². The van der Waals surface area contributed by atoms with Gasteiger partial charge in [-0.2, -0.15) is 4.98 Å². The van der Waals surface area contributed by atoms with Crippen molar-refractivity contribution in [2.45, 2.75) is 45.6 Å².